The third-order valence-corrected chi connectivity index (χ3v) is 12.6. The van der Waals surface area contributed by atoms with Crippen molar-refractivity contribution >= 4 is 19.1 Å². The summed E-state index contributed by atoms with van der Waals surface area (Å²) in [5.74, 6) is 1.05. The highest BCUT2D eigenvalue weighted by molar-refractivity contribution is 6.78. The molecule has 0 aliphatic rings. The molecule has 3 rings (SSSR count). The van der Waals surface area contributed by atoms with E-state index in [1.165, 1.54) is 33.0 Å². The van der Waals surface area contributed by atoms with Crippen molar-refractivity contribution in [3.05, 3.63) is 65.7 Å². The van der Waals surface area contributed by atoms with Crippen LogP contribution in [0.1, 0.15) is 52.7 Å². The summed E-state index contributed by atoms with van der Waals surface area (Å²) < 4.78 is 7.19. The first-order valence-electron chi connectivity index (χ1n) is 11.0. The quantitative estimate of drug-likeness (QED) is 0.373. The third kappa shape index (κ3) is 4.00. The van der Waals surface area contributed by atoms with Gasteiger partial charge in [0.1, 0.15) is 5.75 Å². The van der Waals surface area contributed by atoms with Crippen molar-refractivity contribution in [2.75, 3.05) is 0 Å². The summed E-state index contributed by atoms with van der Waals surface area (Å²) in [5, 5.41) is 2.55. The maximum absolute atomic E-state index is 7.19. The predicted octanol–water partition coefficient (Wildman–Crippen LogP) is 8.68. The van der Waals surface area contributed by atoms with Crippen LogP contribution >= 0.6 is 0 Å². The Labute approximate surface area is 178 Å². The maximum Gasteiger partial charge on any atom is 0.258 e. The maximum atomic E-state index is 7.19. The van der Waals surface area contributed by atoms with Crippen molar-refractivity contribution < 1.29 is 4.43 Å². The van der Waals surface area contributed by atoms with Gasteiger partial charge in [-0.25, -0.2) is 0 Å². The first-order valence-corrected chi connectivity index (χ1v) is 13.1. The molecule has 3 aromatic carbocycles. The summed E-state index contributed by atoms with van der Waals surface area (Å²) in [6, 6.07) is 19.9. The van der Waals surface area contributed by atoms with Gasteiger partial charge in [0, 0.05) is 5.56 Å². The normalized spacial score (nSPS) is 12.4. The van der Waals surface area contributed by atoms with E-state index < -0.39 is 8.32 Å². The Hall–Kier alpha value is -2.06. The van der Waals surface area contributed by atoms with Crippen LogP contribution in [0.3, 0.4) is 0 Å². The zero-order chi connectivity index (χ0) is 21.3. The SMILES string of the molecule is Cc1cc2cc(O[Si](C(C)C)(C(C)C)C(C)C)c(-c3ccccc3)cc2cc1C. The molecule has 0 heterocycles. The van der Waals surface area contributed by atoms with E-state index in [4.69, 9.17) is 4.43 Å². The number of rotatable bonds is 6. The van der Waals surface area contributed by atoms with Gasteiger partial charge >= 0.3 is 0 Å². The Balaban J connectivity index is 2.28. The van der Waals surface area contributed by atoms with E-state index in [1.807, 2.05) is 0 Å². The van der Waals surface area contributed by atoms with Gasteiger partial charge in [0.25, 0.3) is 8.32 Å². The summed E-state index contributed by atoms with van der Waals surface area (Å²) in [5.41, 5.74) is 6.73. The number of hydrogen-bond donors (Lipinski definition) is 0. The van der Waals surface area contributed by atoms with Gasteiger partial charge < -0.3 is 4.43 Å². The van der Waals surface area contributed by atoms with E-state index in [1.54, 1.807) is 0 Å². The predicted molar refractivity (Wildman–Crippen MR) is 131 cm³/mol. The molecule has 0 N–H and O–H groups in total. The molecule has 0 aliphatic carbocycles. The lowest BCUT2D eigenvalue weighted by molar-refractivity contribution is 0.482. The molecule has 1 nitrogen and oxygen atoms in total. The Morgan fingerprint density at radius 2 is 1.14 bits per heavy atom. The molecule has 0 spiro atoms. The standard InChI is InChI=1S/C27H36OSi/c1-18(2)29(19(3)4,20(5)6)28-27-17-25-15-22(8)21(7)14-24(25)16-26(27)23-12-10-9-11-13-23/h9-20H,1-8H3. The van der Waals surface area contributed by atoms with Crippen molar-refractivity contribution in [2.24, 2.45) is 0 Å². The van der Waals surface area contributed by atoms with Gasteiger partial charge in [-0.3, -0.25) is 0 Å². The fraction of sp³-hybridized carbons (Fsp3) is 0.407. The molecular weight excluding hydrogens is 368 g/mol. The summed E-state index contributed by atoms with van der Waals surface area (Å²) in [4.78, 5) is 0. The molecule has 0 unspecified atom stereocenters. The Bertz CT molecular complexity index is 965. The second-order valence-electron chi connectivity index (χ2n) is 9.42. The molecule has 2 heteroatoms. The monoisotopic (exact) mass is 404 g/mol. The van der Waals surface area contributed by atoms with Crippen LogP contribution in [0, 0.1) is 13.8 Å². The molecule has 0 bridgehead atoms. The lowest BCUT2D eigenvalue weighted by Crippen LogP contribution is -2.50. The van der Waals surface area contributed by atoms with Crippen molar-refractivity contribution in [3.8, 4) is 16.9 Å². The molecule has 3 aromatic rings. The van der Waals surface area contributed by atoms with Gasteiger partial charge in [0.2, 0.25) is 0 Å². The largest absolute Gasteiger partial charge is 0.542 e. The minimum absolute atomic E-state index is 0.543. The summed E-state index contributed by atoms with van der Waals surface area (Å²) in [6.45, 7) is 18.5. The molecule has 0 radical (unpaired) electrons. The van der Waals surface area contributed by atoms with Crippen LogP contribution in [0.2, 0.25) is 16.6 Å². The smallest absolute Gasteiger partial charge is 0.258 e. The molecule has 154 valence electrons. The average Bonchev–Trinajstić information content (AvgIpc) is 2.66. The van der Waals surface area contributed by atoms with Crippen LogP contribution in [0.5, 0.6) is 5.75 Å². The minimum Gasteiger partial charge on any atom is -0.542 e. The molecule has 0 saturated carbocycles. The van der Waals surface area contributed by atoms with E-state index >= 15 is 0 Å². The molecule has 0 atom stereocenters. The van der Waals surface area contributed by atoms with Crippen LogP contribution in [0.25, 0.3) is 21.9 Å². The van der Waals surface area contributed by atoms with Crippen LogP contribution in [0.15, 0.2) is 54.6 Å². The Morgan fingerprint density at radius 3 is 1.62 bits per heavy atom. The number of aryl methyl sites for hydroxylation is 2. The first-order chi connectivity index (χ1) is 13.7. The molecule has 0 aromatic heterocycles. The fourth-order valence-corrected chi connectivity index (χ4v) is 10.3. The summed E-state index contributed by atoms with van der Waals surface area (Å²) in [6.07, 6.45) is 0. The van der Waals surface area contributed by atoms with Gasteiger partial charge in [-0.2, -0.15) is 0 Å². The second kappa shape index (κ2) is 8.35. The third-order valence-electron chi connectivity index (χ3n) is 6.63. The minimum atomic E-state index is -2.04. The molecule has 0 saturated heterocycles. The number of fused-ring (bicyclic) bond motifs is 1. The summed E-state index contributed by atoms with van der Waals surface area (Å²) in [7, 11) is -2.04. The van der Waals surface area contributed by atoms with Crippen LogP contribution in [-0.2, 0) is 0 Å². The zero-order valence-electron chi connectivity index (χ0n) is 19.3. The lowest BCUT2D eigenvalue weighted by Gasteiger charge is -2.42. The van der Waals surface area contributed by atoms with Gasteiger partial charge in [-0.15, -0.1) is 0 Å². The Morgan fingerprint density at radius 1 is 0.655 bits per heavy atom. The highest BCUT2D eigenvalue weighted by Gasteiger charge is 2.47. The Kier molecular flexibility index (Phi) is 6.23. The first kappa shape index (κ1) is 21.6. The van der Waals surface area contributed by atoms with E-state index in [0.29, 0.717) is 16.6 Å². The van der Waals surface area contributed by atoms with Crippen molar-refractivity contribution in [1.82, 2.24) is 0 Å². The molecule has 29 heavy (non-hydrogen) atoms. The van der Waals surface area contributed by atoms with Crippen LogP contribution in [-0.4, -0.2) is 8.32 Å². The molecule has 0 amide bonds. The number of benzene rings is 3. The van der Waals surface area contributed by atoms with Crippen molar-refractivity contribution in [3.63, 3.8) is 0 Å². The van der Waals surface area contributed by atoms with Crippen molar-refractivity contribution in [1.29, 1.82) is 0 Å². The topological polar surface area (TPSA) is 9.23 Å². The summed E-state index contributed by atoms with van der Waals surface area (Å²) >= 11 is 0. The fourth-order valence-electron chi connectivity index (χ4n) is 5.03. The average molecular weight is 405 g/mol. The van der Waals surface area contributed by atoms with Crippen molar-refractivity contribution in [2.45, 2.75) is 72.0 Å². The molecule has 0 fully saturated rings. The van der Waals surface area contributed by atoms with E-state index in [9.17, 15) is 0 Å². The van der Waals surface area contributed by atoms with Gasteiger partial charge in [0.05, 0.1) is 0 Å². The van der Waals surface area contributed by atoms with Crippen LogP contribution in [0.4, 0.5) is 0 Å². The highest BCUT2D eigenvalue weighted by atomic mass is 28.4. The van der Waals surface area contributed by atoms with Gasteiger partial charge in [-0.05, 0) is 70.1 Å². The zero-order valence-corrected chi connectivity index (χ0v) is 20.3. The van der Waals surface area contributed by atoms with Gasteiger partial charge in [-0.1, -0.05) is 84.0 Å². The lowest BCUT2D eigenvalue weighted by atomic mass is 9.97. The number of hydrogen-bond acceptors (Lipinski definition) is 1. The van der Waals surface area contributed by atoms with Gasteiger partial charge in [0.15, 0.2) is 0 Å². The van der Waals surface area contributed by atoms with Crippen LogP contribution < -0.4 is 4.43 Å². The van der Waals surface area contributed by atoms with E-state index in [2.05, 4.69) is 110 Å². The highest BCUT2D eigenvalue weighted by Crippen LogP contribution is 2.45. The molecular formula is C27H36OSi. The van der Waals surface area contributed by atoms with E-state index in [-0.39, 0.29) is 0 Å². The molecule has 0 aliphatic heterocycles. The van der Waals surface area contributed by atoms with E-state index in [0.717, 1.165) is 5.75 Å². The second-order valence-corrected chi connectivity index (χ2v) is 14.8.